The van der Waals surface area contributed by atoms with E-state index in [0.29, 0.717) is 15.8 Å². The van der Waals surface area contributed by atoms with Crippen molar-refractivity contribution in [1.82, 2.24) is 4.90 Å². The van der Waals surface area contributed by atoms with E-state index < -0.39 is 0 Å². The predicted octanol–water partition coefficient (Wildman–Crippen LogP) is 2.94. The van der Waals surface area contributed by atoms with Crippen molar-refractivity contribution in [2.75, 3.05) is 13.7 Å². The molecule has 1 fully saturated rings. The first-order chi connectivity index (χ1) is 9.17. The second kappa shape index (κ2) is 6.19. The Kier molecular flexibility index (Phi) is 4.58. The average Bonchev–Trinajstić information content (AvgIpc) is 2.95. The second-order valence-electron chi connectivity index (χ2n) is 4.71. The molecule has 0 bridgehead atoms. The van der Waals surface area contributed by atoms with Gasteiger partial charge in [0, 0.05) is 12.6 Å². The summed E-state index contributed by atoms with van der Waals surface area (Å²) in [7, 11) is 1.35. The lowest BCUT2D eigenvalue weighted by Crippen LogP contribution is -2.43. The van der Waals surface area contributed by atoms with Crippen LogP contribution in [0.1, 0.15) is 52.0 Å². The van der Waals surface area contributed by atoms with Gasteiger partial charge in [0.25, 0.3) is 5.91 Å². The first kappa shape index (κ1) is 14.1. The number of carbonyl (C=O) groups excluding carboxylic acids is 2. The number of rotatable bonds is 3. The topological polar surface area (TPSA) is 46.6 Å². The number of nitrogens with zero attached hydrogens (tertiary/aromatic N) is 1. The molecule has 19 heavy (non-hydrogen) atoms. The third-order valence-corrected chi connectivity index (χ3v) is 4.62. The number of ether oxygens (including phenoxy) is 1. The van der Waals surface area contributed by atoms with Crippen molar-refractivity contribution < 1.29 is 14.3 Å². The number of likely N-dealkylation sites (tertiary alicyclic amines) is 1. The van der Waals surface area contributed by atoms with Crippen molar-refractivity contribution in [3.63, 3.8) is 0 Å². The predicted molar refractivity (Wildman–Crippen MR) is 74.6 cm³/mol. The summed E-state index contributed by atoms with van der Waals surface area (Å²) in [5, 5.41) is 0. The summed E-state index contributed by atoms with van der Waals surface area (Å²) in [4.78, 5) is 26.9. The normalized spacial score (nSPS) is 19.3. The molecule has 1 atom stereocenters. The van der Waals surface area contributed by atoms with Crippen LogP contribution >= 0.6 is 11.3 Å². The molecule has 0 unspecified atom stereocenters. The lowest BCUT2D eigenvalue weighted by Gasteiger charge is -2.35. The Hall–Kier alpha value is -1.36. The van der Waals surface area contributed by atoms with E-state index in [0.717, 1.165) is 25.8 Å². The van der Waals surface area contributed by atoms with Crippen molar-refractivity contribution in [2.45, 2.75) is 38.6 Å². The maximum absolute atomic E-state index is 12.5. The van der Waals surface area contributed by atoms with E-state index in [1.807, 2.05) is 4.90 Å². The zero-order valence-electron chi connectivity index (χ0n) is 11.3. The van der Waals surface area contributed by atoms with Gasteiger partial charge in [0.15, 0.2) is 0 Å². The molecule has 1 aromatic rings. The highest BCUT2D eigenvalue weighted by Gasteiger charge is 2.27. The molecule has 104 valence electrons. The summed E-state index contributed by atoms with van der Waals surface area (Å²) in [5.41, 5.74) is 0. The van der Waals surface area contributed by atoms with Crippen molar-refractivity contribution in [1.29, 1.82) is 0 Å². The Bertz CT molecular complexity index is 469. The molecule has 1 amide bonds. The molecular weight excluding hydrogens is 262 g/mol. The number of hydrogen-bond donors (Lipinski definition) is 0. The van der Waals surface area contributed by atoms with Crippen LogP contribution in [0.15, 0.2) is 12.1 Å². The molecule has 0 spiro atoms. The summed E-state index contributed by atoms with van der Waals surface area (Å²) in [5.74, 6) is -0.332. The molecule has 2 rings (SSSR count). The first-order valence-corrected chi connectivity index (χ1v) is 7.48. The Morgan fingerprint density at radius 3 is 2.79 bits per heavy atom. The minimum atomic E-state index is -0.380. The highest BCUT2D eigenvalue weighted by Crippen LogP contribution is 2.25. The van der Waals surface area contributed by atoms with Crippen LogP contribution in [0.25, 0.3) is 0 Å². The van der Waals surface area contributed by atoms with Gasteiger partial charge in [-0.15, -0.1) is 11.3 Å². The molecular formula is C14H19NO3S. The second-order valence-corrected chi connectivity index (χ2v) is 5.80. The molecule has 0 N–H and O–H groups in total. The Balaban J connectivity index is 2.14. The summed E-state index contributed by atoms with van der Waals surface area (Å²) in [6.45, 7) is 2.94. The van der Waals surface area contributed by atoms with E-state index >= 15 is 0 Å². The van der Waals surface area contributed by atoms with Gasteiger partial charge in [0.1, 0.15) is 4.88 Å². The summed E-state index contributed by atoms with van der Waals surface area (Å²) in [6, 6.07) is 3.72. The van der Waals surface area contributed by atoms with Gasteiger partial charge in [-0.25, -0.2) is 4.79 Å². The van der Waals surface area contributed by atoms with Crippen LogP contribution in [0.2, 0.25) is 0 Å². The van der Waals surface area contributed by atoms with E-state index in [2.05, 4.69) is 11.7 Å². The number of amides is 1. The standard InChI is InChI=1S/C14H19NO3S/c1-3-10-6-4-5-9-15(10)13(16)11-7-8-12(19-11)14(17)18-2/h7-8,10H,3-6,9H2,1-2H3/t10-/m0/s1. The molecule has 1 aliphatic rings. The molecule has 5 heteroatoms. The van der Waals surface area contributed by atoms with Crippen LogP contribution < -0.4 is 0 Å². The maximum Gasteiger partial charge on any atom is 0.348 e. The molecule has 1 aromatic heterocycles. The lowest BCUT2D eigenvalue weighted by atomic mass is 10.00. The number of esters is 1. The molecule has 0 radical (unpaired) electrons. The van der Waals surface area contributed by atoms with Crippen molar-refractivity contribution in [2.24, 2.45) is 0 Å². The number of methoxy groups -OCH3 is 1. The molecule has 0 saturated carbocycles. The smallest absolute Gasteiger partial charge is 0.348 e. The van der Waals surface area contributed by atoms with E-state index in [1.165, 1.54) is 24.9 Å². The van der Waals surface area contributed by atoms with Gasteiger partial charge in [-0.3, -0.25) is 4.79 Å². The molecule has 1 saturated heterocycles. The number of carbonyl (C=O) groups is 2. The van der Waals surface area contributed by atoms with Gasteiger partial charge in [0.05, 0.1) is 12.0 Å². The number of hydrogen-bond acceptors (Lipinski definition) is 4. The zero-order chi connectivity index (χ0) is 13.8. The number of piperidine rings is 1. The van der Waals surface area contributed by atoms with Gasteiger partial charge in [0.2, 0.25) is 0 Å². The minimum Gasteiger partial charge on any atom is -0.465 e. The van der Waals surface area contributed by atoms with Crippen LogP contribution in [0.3, 0.4) is 0 Å². The van der Waals surface area contributed by atoms with Gasteiger partial charge in [-0.05, 0) is 37.8 Å². The summed E-state index contributed by atoms with van der Waals surface area (Å²) >= 11 is 1.21. The molecule has 4 nitrogen and oxygen atoms in total. The third kappa shape index (κ3) is 2.97. The van der Waals surface area contributed by atoms with Gasteiger partial charge in [-0.2, -0.15) is 0 Å². The highest BCUT2D eigenvalue weighted by atomic mass is 32.1. The van der Waals surface area contributed by atoms with E-state index in [1.54, 1.807) is 12.1 Å². The van der Waals surface area contributed by atoms with Crippen molar-refractivity contribution in [3.8, 4) is 0 Å². The molecule has 0 aromatic carbocycles. The SMILES string of the molecule is CC[C@H]1CCCCN1C(=O)c1ccc(C(=O)OC)s1. The summed E-state index contributed by atoms with van der Waals surface area (Å²) in [6.07, 6.45) is 4.33. The monoisotopic (exact) mass is 281 g/mol. The van der Waals surface area contributed by atoms with Crippen LogP contribution in [0.4, 0.5) is 0 Å². The summed E-state index contributed by atoms with van der Waals surface area (Å²) < 4.78 is 4.66. The number of thiophene rings is 1. The Morgan fingerprint density at radius 2 is 2.11 bits per heavy atom. The molecule has 2 heterocycles. The average molecular weight is 281 g/mol. The molecule has 1 aliphatic heterocycles. The fourth-order valence-electron chi connectivity index (χ4n) is 2.50. The Labute approximate surface area is 117 Å². The van der Waals surface area contributed by atoms with E-state index in [4.69, 9.17) is 0 Å². The van der Waals surface area contributed by atoms with Crippen molar-refractivity contribution in [3.05, 3.63) is 21.9 Å². The fourth-order valence-corrected chi connectivity index (χ4v) is 3.38. The maximum atomic E-state index is 12.5. The minimum absolute atomic E-state index is 0.0479. The van der Waals surface area contributed by atoms with Gasteiger partial charge in [-0.1, -0.05) is 6.92 Å². The lowest BCUT2D eigenvalue weighted by molar-refractivity contribution is 0.0602. The van der Waals surface area contributed by atoms with Gasteiger partial charge >= 0.3 is 5.97 Å². The quantitative estimate of drug-likeness (QED) is 0.800. The largest absolute Gasteiger partial charge is 0.465 e. The van der Waals surface area contributed by atoms with Gasteiger partial charge < -0.3 is 9.64 Å². The van der Waals surface area contributed by atoms with Crippen LogP contribution in [-0.2, 0) is 4.74 Å². The zero-order valence-corrected chi connectivity index (χ0v) is 12.2. The van der Waals surface area contributed by atoms with Crippen molar-refractivity contribution >= 4 is 23.2 Å². The first-order valence-electron chi connectivity index (χ1n) is 6.66. The highest BCUT2D eigenvalue weighted by molar-refractivity contribution is 7.15. The van der Waals surface area contributed by atoms with E-state index in [9.17, 15) is 9.59 Å². The van der Waals surface area contributed by atoms with Crippen LogP contribution in [0, 0.1) is 0 Å². The third-order valence-electron chi connectivity index (χ3n) is 3.56. The van der Waals surface area contributed by atoms with Crippen LogP contribution in [0.5, 0.6) is 0 Å². The Morgan fingerprint density at radius 1 is 1.37 bits per heavy atom. The molecule has 0 aliphatic carbocycles. The van der Waals surface area contributed by atoms with Crippen LogP contribution in [-0.4, -0.2) is 36.5 Å². The fraction of sp³-hybridized carbons (Fsp3) is 0.571. The van der Waals surface area contributed by atoms with E-state index in [-0.39, 0.29) is 11.9 Å².